The summed E-state index contributed by atoms with van der Waals surface area (Å²) in [7, 11) is 0. The summed E-state index contributed by atoms with van der Waals surface area (Å²) >= 11 is 11.7. The number of likely N-dealkylation sites (tertiary alicyclic amines) is 1. The molecule has 2 N–H and O–H groups in total. The first-order chi connectivity index (χ1) is 19.5. The van der Waals surface area contributed by atoms with E-state index in [-0.39, 0.29) is 35.1 Å². The molecule has 6 rings (SSSR count). The second kappa shape index (κ2) is 10.9. The third-order valence-electron chi connectivity index (χ3n) is 8.30. The van der Waals surface area contributed by atoms with Crippen LogP contribution >= 0.6 is 38.9 Å². The predicted octanol–water partition coefficient (Wildman–Crippen LogP) is 6.23. The van der Waals surface area contributed by atoms with Gasteiger partial charge in [-0.25, -0.2) is 0 Å². The molecule has 3 aromatic heterocycles. The van der Waals surface area contributed by atoms with Gasteiger partial charge in [0.2, 0.25) is 11.8 Å². The van der Waals surface area contributed by atoms with Crippen LogP contribution < -0.4 is 5.56 Å². The third-order valence-corrected chi connectivity index (χ3v) is 10.5. The van der Waals surface area contributed by atoms with Crippen LogP contribution in [0.1, 0.15) is 62.6 Å². The van der Waals surface area contributed by atoms with Crippen LogP contribution in [0.5, 0.6) is 0 Å². The summed E-state index contributed by atoms with van der Waals surface area (Å²) in [4.78, 5) is 47.1. The predicted molar refractivity (Wildman–Crippen MR) is 166 cm³/mol. The van der Waals surface area contributed by atoms with Gasteiger partial charge in [-0.15, -0.1) is 11.3 Å². The number of halogens is 2. The summed E-state index contributed by atoms with van der Waals surface area (Å²) in [5.74, 6) is -0.370. The molecule has 8 nitrogen and oxygen atoms in total. The first-order valence-corrected chi connectivity index (χ1v) is 16.0. The zero-order chi connectivity index (χ0) is 29.1. The number of hydrogen-bond donors (Lipinski definition) is 2. The monoisotopic (exact) mass is 657 g/mol. The summed E-state index contributed by atoms with van der Waals surface area (Å²) in [6, 6.07) is 3.92. The van der Waals surface area contributed by atoms with Crippen molar-refractivity contribution in [2.45, 2.75) is 58.9 Å². The Morgan fingerprint density at radius 3 is 2.68 bits per heavy atom. The number of pyridine rings is 1. The molecule has 2 amide bonds. The number of H-pyrrole nitrogens is 2. The molecule has 0 bridgehead atoms. The van der Waals surface area contributed by atoms with Crippen molar-refractivity contribution in [2.24, 2.45) is 11.3 Å². The van der Waals surface area contributed by atoms with E-state index in [4.69, 9.17) is 11.6 Å². The number of fused-ring (bicyclic) bond motifs is 4. The van der Waals surface area contributed by atoms with E-state index in [0.717, 1.165) is 55.1 Å². The zero-order valence-electron chi connectivity index (χ0n) is 23.4. The Kier molecular flexibility index (Phi) is 7.53. The average molecular weight is 659 g/mol. The normalized spacial score (nSPS) is 18.8. The fourth-order valence-corrected chi connectivity index (χ4v) is 8.17. The number of piperidine rings is 1. The van der Waals surface area contributed by atoms with Crippen LogP contribution in [0.2, 0.25) is 5.02 Å². The molecular formula is C30H33BrClN5O3S. The van der Waals surface area contributed by atoms with Crippen LogP contribution in [0, 0.1) is 11.3 Å². The Hall–Kier alpha value is -2.69. The highest BCUT2D eigenvalue weighted by molar-refractivity contribution is 9.10. The number of carbonyl (C=O) groups excluding carboxylic acids is 2. The molecule has 0 radical (unpaired) electrons. The second-order valence-electron chi connectivity index (χ2n) is 12.5. The number of rotatable bonds is 4. The van der Waals surface area contributed by atoms with Gasteiger partial charge < -0.3 is 14.8 Å². The lowest BCUT2D eigenvalue weighted by Crippen LogP contribution is -2.43. The fraction of sp³-hybridized carbons (Fsp3) is 0.467. The Morgan fingerprint density at radius 2 is 1.95 bits per heavy atom. The molecule has 2 aliphatic heterocycles. The van der Waals surface area contributed by atoms with E-state index in [9.17, 15) is 14.4 Å². The molecule has 0 unspecified atom stereocenters. The Bertz CT molecular complexity index is 1710. The molecular weight excluding hydrogens is 626 g/mol. The Balaban J connectivity index is 1.20. The van der Waals surface area contributed by atoms with Gasteiger partial charge in [0.25, 0.3) is 5.56 Å². The standard InChI is InChI=1S/C30H33BrClN5O3S/c1-30(2,3)15-37-13-21-17(9-23(32)26-20(21)12-33-35-26)8-18(29(37)40)10-25(38)36-6-4-16(5-7-36)19-11-24-27(34-28(19)39)22(31)14-41-24/h9,11-12,14,16,18H,4-8,10,13,15H2,1-3H3,(H,33,35)(H,34,39)/t18-/m0/s1. The SMILES string of the molecule is CC(C)(C)CN1Cc2c(cc(Cl)c3[nH]ncc23)C[C@@H](CC(=O)N2CCC(c3cc4scc(Br)c4[nH]c3=O)CC2)C1=O. The molecule has 0 saturated carbocycles. The molecule has 5 heterocycles. The number of amides is 2. The van der Waals surface area contributed by atoms with Crippen LogP contribution in [0.25, 0.3) is 21.1 Å². The number of nitrogens with one attached hydrogen (secondary N) is 2. The molecule has 1 fully saturated rings. The van der Waals surface area contributed by atoms with Crippen molar-refractivity contribution in [3.63, 3.8) is 0 Å². The Morgan fingerprint density at radius 1 is 1.20 bits per heavy atom. The molecule has 1 aromatic carbocycles. The maximum atomic E-state index is 13.9. The van der Waals surface area contributed by atoms with Gasteiger partial charge in [-0.05, 0) is 69.8 Å². The van der Waals surface area contributed by atoms with E-state index in [1.54, 1.807) is 17.5 Å². The minimum atomic E-state index is -0.466. The van der Waals surface area contributed by atoms with Gasteiger partial charge in [0.15, 0.2) is 0 Å². The van der Waals surface area contributed by atoms with Crippen LogP contribution in [0.15, 0.2) is 33.0 Å². The number of thiophene rings is 1. The van der Waals surface area contributed by atoms with Crippen molar-refractivity contribution in [1.82, 2.24) is 25.0 Å². The summed E-state index contributed by atoms with van der Waals surface area (Å²) in [6.45, 7) is 8.54. The van der Waals surface area contributed by atoms with Crippen LogP contribution in [0.3, 0.4) is 0 Å². The van der Waals surface area contributed by atoms with Crippen molar-refractivity contribution in [1.29, 1.82) is 0 Å². The maximum Gasteiger partial charge on any atom is 0.251 e. The molecule has 216 valence electrons. The number of benzene rings is 1. The van der Waals surface area contributed by atoms with Crippen molar-refractivity contribution in [3.05, 3.63) is 60.2 Å². The van der Waals surface area contributed by atoms with Crippen LogP contribution in [-0.4, -0.2) is 56.4 Å². The van der Waals surface area contributed by atoms with Crippen molar-refractivity contribution in [2.75, 3.05) is 19.6 Å². The summed E-state index contributed by atoms with van der Waals surface area (Å²) < 4.78 is 1.94. The minimum absolute atomic E-state index is 0.00840. The second-order valence-corrected chi connectivity index (χ2v) is 14.7. The lowest BCUT2D eigenvalue weighted by molar-refractivity contribution is -0.142. The lowest BCUT2D eigenvalue weighted by atomic mass is 9.89. The number of carbonyl (C=O) groups is 2. The van der Waals surface area contributed by atoms with Gasteiger partial charge in [0, 0.05) is 48.9 Å². The van der Waals surface area contributed by atoms with E-state index in [1.807, 2.05) is 27.3 Å². The van der Waals surface area contributed by atoms with Crippen LogP contribution in [0.4, 0.5) is 0 Å². The molecule has 2 aliphatic rings. The van der Waals surface area contributed by atoms with Gasteiger partial charge in [0.05, 0.1) is 37.3 Å². The van der Waals surface area contributed by atoms with Gasteiger partial charge >= 0.3 is 0 Å². The quantitative estimate of drug-likeness (QED) is 0.272. The van der Waals surface area contributed by atoms with Crippen LogP contribution in [-0.2, 0) is 22.6 Å². The highest BCUT2D eigenvalue weighted by Crippen LogP contribution is 2.36. The fourth-order valence-electron chi connectivity index (χ4n) is 6.35. The van der Waals surface area contributed by atoms with E-state index < -0.39 is 5.92 Å². The van der Waals surface area contributed by atoms with Gasteiger partial charge in [0.1, 0.15) is 0 Å². The van der Waals surface area contributed by atoms with Crippen molar-refractivity contribution >= 4 is 71.8 Å². The summed E-state index contributed by atoms with van der Waals surface area (Å²) in [5, 5.41) is 10.7. The topological polar surface area (TPSA) is 102 Å². The molecule has 11 heteroatoms. The number of hydrogen-bond acceptors (Lipinski definition) is 5. The largest absolute Gasteiger partial charge is 0.343 e. The Labute approximate surface area is 255 Å². The molecule has 1 atom stereocenters. The van der Waals surface area contributed by atoms with Gasteiger partial charge in [-0.1, -0.05) is 32.4 Å². The first-order valence-electron chi connectivity index (χ1n) is 14.0. The molecule has 41 heavy (non-hydrogen) atoms. The minimum Gasteiger partial charge on any atom is -0.343 e. The molecule has 4 aromatic rings. The van der Waals surface area contributed by atoms with Gasteiger partial charge in [-0.3, -0.25) is 19.5 Å². The smallest absolute Gasteiger partial charge is 0.251 e. The molecule has 1 saturated heterocycles. The first kappa shape index (κ1) is 28.4. The average Bonchev–Trinajstić information content (AvgIpc) is 3.53. The highest BCUT2D eigenvalue weighted by Gasteiger charge is 2.36. The lowest BCUT2D eigenvalue weighted by Gasteiger charge is -2.34. The summed E-state index contributed by atoms with van der Waals surface area (Å²) in [6.07, 6.45) is 3.83. The zero-order valence-corrected chi connectivity index (χ0v) is 26.5. The van der Waals surface area contributed by atoms with E-state index >= 15 is 0 Å². The number of aromatic nitrogens is 3. The highest BCUT2D eigenvalue weighted by atomic mass is 79.9. The van der Waals surface area contributed by atoms with E-state index in [1.165, 1.54) is 0 Å². The summed E-state index contributed by atoms with van der Waals surface area (Å²) in [5.41, 5.74) is 4.28. The molecule has 0 spiro atoms. The molecule has 0 aliphatic carbocycles. The van der Waals surface area contributed by atoms with Crippen molar-refractivity contribution in [3.8, 4) is 0 Å². The number of nitrogens with zero attached hydrogens (tertiary/aromatic N) is 3. The van der Waals surface area contributed by atoms with E-state index in [2.05, 4.69) is 51.9 Å². The van der Waals surface area contributed by atoms with E-state index in [0.29, 0.717) is 37.6 Å². The van der Waals surface area contributed by atoms with Gasteiger partial charge in [-0.2, -0.15) is 5.10 Å². The number of aromatic amines is 2. The maximum absolute atomic E-state index is 13.9. The van der Waals surface area contributed by atoms with Crippen molar-refractivity contribution < 1.29 is 9.59 Å². The third kappa shape index (κ3) is 5.58.